The van der Waals surface area contributed by atoms with Crippen LogP contribution in [0.3, 0.4) is 0 Å². The van der Waals surface area contributed by atoms with E-state index in [-0.39, 0.29) is 5.69 Å². The molecule has 0 fully saturated rings. The molecule has 3 aromatic rings. The van der Waals surface area contributed by atoms with E-state index < -0.39 is 0 Å². The van der Waals surface area contributed by atoms with Crippen LogP contribution in [0.4, 0.5) is 0 Å². The van der Waals surface area contributed by atoms with Gasteiger partial charge in [-0.3, -0.25) is 0 Å². The standard InChI is InChI=1S/C20H21N2O2/c1-14-13-16(22(3)20(23)21(14)2)11-9-15-10-12-19(24-4)18-8-6-5-7-17(15)18/h5-13H,1-4H3/q+1/b11-9+. The van der Waals surface area contributed by atoms with Crippen molar-refractivity contribution in [3.63, 3.8) is 0 Å². The summed E-state index contributed by atoms with van der Waals surface area (Å²) in [5.74, 6) is 0.859. The van der Waals surface area contributed by atoms with Crippen molar-refractivity contribution < 1.29 is 9.30 Å². The van der Waals surface area contributed by atoms with Gasteiger partial charge in [0.25, 0.3) is 0 Å². The molecule has 0 saturated heterocycles. The van der Waals surface area contributed by atoms with E-state index in [1.165, 1.54) is 0 Å². The Morgan fingerprint density at radius 2 is 1.79 bits per heavy atom. The van der Waals surface area contributed by atoms with Crippen molar-refractivity contribution in [3.05, 3.63) is 69.9 Å². The first-order valence-electron chi connectivity index (χ1n) is 7.83. The molecule has 0 amide bonds. The van der Waals surface area contributed by atoms with Crippen LogP contribution >= 0.6 is 0 Å². The molecule has 0 N–H and O–H groups in total. The van der Waals surface area contributed by atoms with Crippen molar-refractivity contribution in [3.8, 4) is 5.75 Å². The number of fused-ring (bicyclic) bond motifs is 1. The molecule has 0 aliphatic rings. The minimum Gasteiger partial charge on any atom is -0.496 e. The zero-order valence-corrected chi connectivity index (χ0v) is 14.4. The minimum absolute atomic E-state index is 0.0331. The molecule has 1 aromatic heterocycles. The van der Waals surface area contributed by atoms with Gasteiger partial charge in [-0.25, -0.2) is 0 Å². The van der Waals surface area contributed by atoms with E-state index in [0.717, 1.165) is 33.5 Å². The van der Waals surface area contributed by atoms with Crippen LogP contribution in [-0.4, -0.2) is 11.7 Å². The highest BCUT2D eigenvalue weighted by Crippen LogP contribution is 2.29. The Balaban J connectivity index is 2.11. The number of rotatable bonds is 3. The highest BCUT2D eigenvalue weighted by molar-refractivity contribution is 5.96. The zero-order valence-electron chi connectivity index (χ0n) is 14.4. The Hall–Kier alpha value is -2.88. The topological polar surface area (TPSA) is 35.1 Å². The summed E-state index contributed by atoms with van der Waals surface area (Å²) in [6.07, 6.45) is 4.01. The summed E-state index contributed by atoms with van der Waals surface area (Å²) in [5, 5.41) is 2.20. The molecule has 3 rings (SSSR count). The number of methoxy groups -OCH3 is 1. The molecular weight excluding hydrogens is 300 g/mol. The predicted octanol–water partition coefficient (Wildman–Crippen LogP) is 2.85. The number of hydrogen-bond donors (Lipinski definition) is 0. The van der Waals surface area contributed by atoms with Crippen LogP contribution in [0, 0.1) is 6.92 Å². The van der Waals surface area contributed by atoms with Crippen LogP contribution in [0.15, 0.2) is 47.3 Å². The molecule has 0 unspecified atom stereocenters. The van der Waals surface area contributed by atoms with Crippen LogP contribution in [0.2, 0.25) is 0 Å². The van der Waals surface area contributed by atoms with Gasteiger partial charge < -0.3 is 4.74 Å². The first kappa shape index (κ1) is 16.0. The lowest BCUT2D eigenvalue weighted by Gasteiger charge is -2.08. The second kappa shape index (κ2) is 6.32. The lowest BCUT2D eigenvalue weighted by molar-refractivity contribution is -0.692. The summed E-state index contributed by atoms with van der Waals surface area (Å²) >= 11 is 0. The van der Waals surface area contributed by atoms with Gasteiger partial charge in [-0.1, -0.05) is 36.4 Å². The van der Waals surface area contributed by atoms with Crippen LogP contribution in [0.25, 0.3) is 22.9 Å². The van der Waals surface area contributed by atoms with Gasteiger partial charge in [0.15, 0.2) is 0 Å². The second-order valence-corrected chi connectivity index (χ2v) is 5.85. The molecule has 0 saturated carbocycles. The molecule has 2 aromatic carbocycles. The highest BCUT2D eigenvalue weighted by atomic mass is 16.5. The molecule has 0 atom stereocenters. The van der Waals surface area contributed by atoms with Gasteiger partial charge in [0.05, 0.1) is 21.2 Å². The van der Waals surface area contributed by atoms with Crippen molar-refractivity contribution >= 4 is 22.9 Å². The Bertz CT molecular complexity index is 1000. The quantitative estimate of drug-likeness (QED) is 0.695. The third-order valence-corrected chi connectivity index (χ3v) is 4.42. The lowest BCUT2D eigenvalue weighted by atomic mass is 10.0. The average molecular weight is 321 g/mol. The molecule has 0 bridgehead atoms. The molecule has 4 heteroatoms. The van der Waals surface area contributed by atoms with E-state index in [0.29, 0.717) is 0 Å². The zero-order chi connectivity index (χ0) is 17.3. The maximum Gasteiger partial charge on any atom is 0.498 e. The second-order valence-electron chi connectivity index (χ2n) is 5.85. The maximum absolute atomic E-state index is 12.2. The normalized spacial score (nSPS) is 11.3. The smallest absolute Gasteiger partial charge is 0.496 e. The molecule has 122 valence electrons. The highest BCUT2D eigenvalue weighted by Gasteiger charge is 2.11. The van der Waals surface area contributed by atoms with E-state index >= 15 is 0 Å². The number of nitrogens with zero attached hydrogens (tertiary/aromatic N) is 2. The molecule has 0 aliphatic carbocycles. The summed E-state index contributed by atoms with van der Waals surface area (Å²) in [7, 11) is 5.25. The van der Waals surface area contributed by atoms with Crippen molar-refractivity contribution in [2.45, 2.75) is 6.92 Å². The fraction of sp³-hybridized carbons (Fsp3) is 0.200. The third kappa shape index (κ3) is 2.71. The number of aromatic nitrogens is 2. The largest absolute Gasteiger partial charge is 0.498 e. The van der Waals surface area contributed by atoms with Crippen molar-refractivity contribution in [1.29, 1.82) is 0 Å². The van der Waals surface area contributed by atoms with Crippen LogP contribution in [0.5, 0.6) is 5.75 Å². The first-order valence-corrected chi connectivity index (χ1v) is 7.83. The van der Waals surface area contributed by atoms with E-state index in [1.807, 2.05) is 55.5 Å². The van der Waals surface area contributed by atoms with Crippen molar-refractivity contribution in [2.75, 3.05) is 7.11 Å². The van der Waals surface area contributed by atoms with Crippen LogP contribution in [-0.2, 0) is 14.1 Å². The Labute approximate surface area is 141 Å². The fourth-order valence-electron chi connectivity index (χ4n) is 2.85. The van der Waals surface area contributed by atoms with Crippen LogP contribution < -0.4 is 15.0 Å². The van der Waals surface area contributed by atoms with Gasteiger partial charge in [0.2, 0.25) is 0 Å². The lowest BCUT2D eigenvalue weighted by Crippen LogP contribution is -2.53. The monoisotopic (exact) mass is 321 g/mol. The average Bonchev–Trinajstić information content (AvgIpc) is 2.61. The van der Waals surface area contributed by atoms with Crippen LogP contribution in [0.1, 0.15) is 17.0 Å². The molecule has 24 heavy (non-hydrogen) atoms. The van der Waals surface area contributed by atoms with Gasteiger partial charge in [0, 0.05) is 11.5 Å². The van der Waals surface area contributed by atoms with E-state index in [1.54, 1.807) is 30.3 Å². The summed E-state index contributed by atoms with van der Waals surface area (Å²) in [6.45, 7) is 1.93. The Kier molecular flexibility index (Phi) is 4.21. The van der Waals surface area contributed by atoms with Gasteiger partial charge in [-0.15, -0.1) is 0 Å². The Morgan fingerprint density at radius 1 is 1.08 bits per heavy atom. The molecule has 0 aliphatic heterocycles. The summed E-state index contributed by atoms with van der Waals surface area (Å²) in [4.78, 5) is 12.2. The first-order chi connectivity index (χ1) is 11.5. The van der Waals surface area contributed by atoms with Crippen molar-refractivity contribution in [1.82, 2.24) is 4.57 Å². The SMILES string of the molecule is COc1ccc(/C=C/c2cc(C)n(C)c(=O)[n+]2C)c2ccccc12. The van der Waals surface area contributed by atoms with Gasteiger partial charge in [0.1, 0.15) is 17.1 Å². The van der Waals surface area contributed by atoms with E-state index in [9.17, 15) is 4.79 Å². The number of ether oxygens (including phenoxy) is 1. The number of aryl methyl sites for hydroxylation is 1. The molecule has 4 nitrogen and oxygen atoms in total. The third-order valence-electron chi connectivity index (χ3n) is 4.42. The predicted molar refractivity (Wildman–Crippen MR) is 97.0 cm³/mol. The van der Waals surface area contributed by atoms with Gasteiger partial charge >= 0.3 is 5.69 Å². The van der Waals surface area contributed by atoms with E-state index in [2.05, 4.69) is 6.07 Å². The Morgan fingerprint density at radius 3 is 2.50 bits per heavy atom. The van der Waals surface area contributed by atoms with Crippen molar-refractivity contribution in [2.24, 2.45) is 14.1 Å². The fourth-order valence-corrected chi connectivity index (χ4v) is 2.85. The molecule has 0 spiro atoms. The number of hydrogen-bond acceptors (Lipinski definition) is 2. The van der Waals surface area contributed by atoms with E-state index in [4.69, 9.17) is 4.74 Å². The van der Waals surface area contributed by atoms with Gasteiger partial charge in [-0.05, 0) is 30.0 Å². The maximum atomic E-state index is 12.2. The molecular formula is C20H21N2O2+. The summed E-state index contributed by atoms with van der Waals surface area (Å²) < 4.78 is 8.72. The molecule has 1 heterocycles. The summed E-state index contributed by atoms with van der Waals surface area (Å²) in [6, 6.07) is 14.2. The molecule has 0 radical (unpaired) electrons. The number of benzene rings is 2. The minimum atomic E-state index is -0.0331. The van der Waals surface area contributed by atoms with Gasteiger partial charge in [-0.2, -0.15) is 13.9 Å². The summed E-state index contributed by atoms with van der Waals surface area (Å²) in [5.41, 5.74) is 2.85.